The van der Waals surface area contributed by atoms with E-state index in [1.54, 1.807) is 0 Å². The Morgan fingerprint density at radius 3 is 2.62 bits per heavy atom. The molecule has 0 aliphatic rings. The molecule has 1 atom stereocenters. The first kappa shape index (κ1) is 12.6. The van der Waals surface area contributed by atoms with Crippen molar-refractivity contribution < 1.29 is 22.9 Å². The molecule has 0 fully saturated rings. The molecular formula is C9H11NO5S. The van der Waals surface area contributed by atoms with E-state index in [9.17, 15) is 13.2 Å². The van der Waals surface area contributed by atoms with Crippen LogP contribution in [0.3, 0.4) is 0 Å². The fraction of sp³-hybridized carbons (Fsp3) is 0.333. The summed E-state index contributed by atoms with van der Waals surface area (Å²) < 4.78 is 31.1. The Morgan fingerprint density at radius 2 is 2.19 bits per heavy atom. The number of carbonyl (C=O) groups is 1. The predicted octanol–water partition coefficient (Wildman–Crippen LogP) is 1.12. The zero-order chi connectivity index (χ0) is 12.3. The topological polar surface area (TPSA) is 105 Å². The molecule has 1 heterocycles. The molecule has 16 heavy (non-hydrogen) atoms. The van der Waals surface area contributed by atoms with Crippen LogP contribution in [0.1, 0.15) is 34.6 Å². The lowest BCUT2D eigenvalue weighted by molar-refractivity contribution is 0.0689. The molecule has 0 amide bonds. The third-order valence-electron chi connectivity index (χ3n) is 2.12. The highest BCUT2D eigenvalue weighted by atomic mass is 32.2. The van der Waals surface area contributed by atoms with Crippen molar-refractivity contribution in [2.24, 2.45) is 0 Å². The molecule has 0 saturated heterocycles. The van der Waals surface area contributed by atoms with Gasteiger partial charge in [0.05, 0.1) is 0 Å². The summed E-state index contributed by atoms with van der Waals surface area (Å²) in [4.78, 5) is 14.4. The van der Waals surface area contributed by atoms with Crippen molar-refractivity contribution in [2.45, 2.75) is 18.6 Å². The van der Waals surface area contributed by atoms with Crippen LogP contribution in [0.5, 0.6) is 0 Å². The van der Waals surface area contributed by atoms with E-state index in [0.717, 1.165) is 0 Å². The maximum Gasteiger partial charge on any atom is 0.354 e. The van der Waals surface area contributed by atoms with Crippen LogP contribution in [-0.2, 0) is 10.1 Å². The SMILES string of the molecule is CCC(c1cccnc1C(=O)O)S(=O)(=O)O. The molecule has 0 bridgehead atoms. The Balaban J connectivity index is 3.36. The molecule has 6 nitrogen and oxygen atoms in total. The van der Waals surface area contributed by atoms with Crippen LogP contribution in [-0.4, -0.2) is 29.0 Å². The third-order valence-corrected chi connectivity index (χ3v) is 3.43. The van der Waals surface area contributed by atoms with Gasteiger partial charge in [-0.2, -0.15) is 8.42 Å². The largest absolute Gasteiger partial charge is 0.477 e. The summed E-state index contributed by atoms with van der Waals surface area (Å²) in [5, 5.41) is 7.58. The van der Waals surface area contributed by atoms with Gasteiger partial charge in [-0.25, -0.2) is 9.78 Å². The molecule has 0 radical (unpaired) electrons. The third kappa shape index (κ3) is 2.56. The molecule has 0 saturated carbocycles. The van der Waals surface area contributed by atoms with E-state index in [0.29, 0.717) is 0 Å². The zero-order valence-electron chi connectivity index (χ0n) is 8.49. The van der Waals surface area contributed by atoms with Crippen molar-refractivity contribution in [2.75, 3.05) is 0 Å². The van der Waals surface area contributed by atoms with E-state index >= 15 is 0 Å². The van der Waals surface area contributed by atoms with E-state index in [1.165, 1.54) is 25.3 Å². The van der Waals surface area contributed by atoms with Crippen molar-refractivity contribution in [3.8, 4) is 0 Å². The summed E-state index contributed by atoms with van der Waals surface area (Å²) in [7, 11) is -4.33. The molecule has 0 aliphatic heterocycles. The van der Waals surface area contributed by atoms with Crippen molar-refractivity contribution in [1.82, 2.24) is 4.98 Å². The number of hydrogen-bond donors (Lipinski definition) is 2. The minimum atomic E-state index is -4.33. The van der Waals surface area contributed by atoms with Crippen LogP contribution in [0.25, 0.3) is 0 Å². The predicted molar refractivity (Wildman–Crippen MR) is 55.8 cm³/mol. The molecule has 1 aromatic rings. The van der Waals surface area contributed by atoms with Gasteiger partial charge in [-0.3, -0.25) is 4.55 Å². The Hall–Kier alpha value is -1.47. The first-order chi connectivity index (χ1) is 7.38. The molecular weight excluding hydrogens is 234 g/mol. The standard InChI is InChI=1S/C9H11NO5S/c1-2-7(16(13,14)15)6-4-3-5-10-8(6)9(11)12/h3-5,7H,2H2,1H3,(H,11,12)(H,13,14,15). The Morgan fingerprint density at radius 1 is 1.56 bits per heavy atom. The number of aromatic nitrogens is 1. The molecule has 88 valence electrons. The number of aromatic carboxylic acids is 1. The fourth-order valence-corrected chi connectivity index (χ4v) is 2.38. The molecule has 2 N–H and O–H groups in total. The lowest BCUT2D eigenvalue weighted by atomic mass is 10.1. The van der Waals surface area contributed by atoms with Crippen molar-refractivity contribution in [3.63, 3.8) is 0 Å². The minimum absolute atomic E-state index is 0.000000000000000444. The normalized spacial score (nSPS) is 13.4. The van der Waals surface area contributed by atoms with Gasteiger partial charge in [-0.15, -0.1) is 0 Å². The van der Waals surface area contributed by atoms with Gasteiger partial charge < -0.3 is 5.11 Å². The quantitative estimate of drug-likeness (QED) is 0.770. The number of carboxylic acid groups (broad SMARTS) is 1. The Bertz CT molecular complexity index is 496. The van der Waals surface area contributed by atoms with Crippen LogP contribution in [0.15, 0.2) is 18.3 Å². The highest BCUT2D eigenvalue weighted by Gasteiger charge is 2.28. The van der Waals surface area contributed by atoms with Gasteiger partial charge in [-0.05, 0) is 12.5 Å². The zero-order valence-corrected chi connectivity index (χ0v) is 9.31. The van der Waals surface area contributed by atoms with Crippen LogP contribution in [0.4, 0.5) is 0 Å². The average molecular weight is 245 g/mol. The lowest BCUT2D eigenvalue weighted by Gasteiger charge is -2.13. The van der Waals surface area contributed by atoms with Gasteiger partial charge in [0.25, 0.3) is 10.1 Å². The van der Waals surface area contributed by atoms with Crippen molar-refractivity contribution in [1.29, 1.82) is 0 Å². The number of nitrogens with zero attached hydrogens (tertiary/aromatic N) is 1. The van der Waals surface area contributed by atoms with Gasteiger partial charge >= 0.3 is 5.97 Å². The fourth-order valence-electron chi connectivity index (χ4n) is 1.45. The smallest absolute Gasteiger partial charge is 0.354 e. The molecule has 1 unspecified atom stereocenters. The van der Waals surface area contributed by atoms with Crippen LogP contribution < -0.4 is 0 Å². The maximum atomic E-state index is 11.1. The number of hydrogen-bond acceptors (Lipinski definition) is 4. The van der Waals surface area contributed by atoms with E-state index in [4.69, 9.17) is 9.66 Å². The molecule has 1 aromatic heterocycles. The van der Waals surface area contributed by atoms with Crippen LogP contribution in [0.2, 0.25) is 0 Å². The molecule has 0 aromatic carbocycles. The van der Waals surface area contributed by atoms with Crippen molar-refractivity contribution in [3.05, 3.63) is 29.6 Å². The molecule has 0 aliphatic carbocycles. The van der Waals surface area contributed by atoms with E-state index in [-0.39, 0.29) is 17.7 Å². The number of pyridine rings is 1. The van der Waals surface area contributed by atoms with E-state index in [1.807, 2.05) is 0 Å². The first-order valence-corrected chi connectivity index (χ1v) is 6.02. The van der Waals surface area contributed by atoms with E-state index in [2.05, 4.69) is 4.98 Å². The Kier molecular flexibility index (Phi) is 3.61. The van der Waals surface area contributed by atoms with Gasteiger partial charge in [0.1, 0.15) is 5.25 Å². The van der Waals surface area contributed by atoms with Gasteiger partial charge in [-0.1, -0.05) is 13.0 Å². The highest BCUT2D eigenvalue weighted by molar-refractivity contribution is 7.86. The molecule has 1 rings (SSSR count). The molecule has 7 heteroatoms. The van der Waals surface area contributed by atoms with E-state index < -0.39 is 21.3 Å². The summed E-state index contributed by atoms with van der Waals surface area (Å²) in [6, 6.07) is 2.76. The van der Waals surface area contributed by atoms with Crippen LogP contribution >= 0.6 is 0 Å². The van der Waals surface area contributed by atoms with Crippen LogP contribution in [0, 0.1) is 0 Å². The highest BCUT2D eigenvalue weighted by Crippen LogP contribution is 2.26. The second-order valence-corrected chi connectivity index (χ2v) is 4.76. The summed E-state index contributed by atoms with van der Waals surface area (Å²) in [6.07, 6.45) is 1.33. The summed E-state index contributed by atoms with van der Waals surface area (Å²) >= 11 is 0. The van der Waals surface area contributed by atoms with Crippen molar-refractivity contribution >= 4 is 16.1 Å². The second-order valence-electron chi connectivity index (χ2n) is 3.16. The minimum Gasteiger partial charge on any atom is -0.477 e. The average Bonchev–Trinajstić information content (AvgIpc) is 2.17. The Labute approximate surface area is 92.7 Å². The summed E-state index contributed by atoms with van der Waals surface area (Å²) in [6.45, 7) is 1.54. The summed E-state index contributed by atoms with van der Waals surface area (Å²) in [5.74, 6) is -1.32. The summed E-state index contributed by atoms with van der Waals surface area (Å²) in [5.41, 5.74) is -0.355. The number of carboxylic acids is 1. The maximum absolute atomic E-state index is 11.1. The van der Waals surface area contributed by atoms with Gasteiger partial charge in [0.15, 0.2) is 5.69 Å². The number of rotatable bonds is 4. The van der Waals surface area contributed by atoms with Gasteiger partial charge in [0.2, 0.25) is 0 Å². The molecule has 0 spiro atoms. The lowest BCUT2D eigenvalue weighted by Crippen LogP contribution is -2.16. The first-order valence-electron chi connectivity index (χ1n) is 4.52. The monoisotopic (exact) mass is 245 g/mol. The van der Waals surface area contributed by atoms with Gasteiger partial charge in [0, 0.05) is 11.8 Å². The second kappa shape index (κ2) is 4.58.